The highest BCUT2D eigenvalue weighted by atomic mass is 79.9. The van der Waals surface area contributed by atoms with E-state index in [9.17, 15) is 0 Å². The first kappa shape index (κ1) is 13.2. The van der Waals surface area contributed by atoms with Gasteiger partial charge in [-0.2, -0.15) is 0 Å². The van der Waals surface area contributed by atoms with Gasteiger partial charge in [0, 0.05) is 34.2 Å². The van der Waals surface area contributed by atoms with Crippen LogP contribution in [0.15, 0.2) is 28.9 Å². The standard InChI is InChI=1S/C15H12BrClN4/c16-11-7-9(17)4-5-10(11)14-18-12-8-21-6-2-1-3-13(21)19-15(12)20-14/h4-5,7-8H,1-3,6H2. The second kappa shape index (κ2) is 5.07. The third-order valence-corrected chi connectivity index (χ3v) is 4.62. The van der Waals surface area contributed by atoms with E-state index in [1.165, 1.54) is 12.8 Å². The molecule has 106 valence electrons. The van der Waals surface area contributed by atoms with E-state index in [0.29, 0.717) is 10.8 Å². The average Bonchev–Trinajstić information content (AvgIpc) is 2.87. The Morgan fingerprint density at radius 2 is 2.00 bits per heavy atom. The fourth-order valence-corrected chi connectivity index (χ4v) is 3.53. The minimum atomic E-state index is 0.684. The number of halogens is 2. The SMILES string of the molecule is Clc1ccc(-c2nc3cn4c(nc-3n2)CCCC4)c(Br)c1. The van der Waals surface area contributed by atoms with E-state index in [0.717, 1.165) is 40.3 Å². The van der Waals surface area contributed by atoms with E-state index < -0.39 is 0 Å². The third kappa shape index (κ3) is 2.34. The van der Waals surface area contributed by atoms with Gasteiger partial charge in [-0.1, -0.05) is 11.6 Å². The summed E-state index contributed by atoms with van der Waals surface area (Å²) in [6, 6.07) is 5.62. The highest BCUT2D eigenvalue weighted by molar-refractivity contribution is 9.10. The Hall–Kier alpha value is -1.46. The van der Waals surface area contributed by atoms with Crippen molar-refractivity contribution in [1.82, 2.24) is 19.5 Å². The quantitative estimate of drug-likeness (QED) is 0.651. The first-order chi connectivity index (χ1) is 10.2. The van der Waals surface area contributed by atoms with Gasteiger partial charge in [0.25, 0.3) is 0 Å². The van der Waals surface area contributed by atoms with Crippen molar-refractivity contribution in [2.24, 2.45) is 0 Å². The van der Waals surface area contributed by atoms with Crippen LogP contribution >= 0.6 is 27.5 Å². The van der Waals surface area contributed by atoms with Crippen molar-refractivity contribution in [2.45, 2.75) is 25.8 Å². The van der Waals surface area contributed by atoms with E-state index in [4.69, 9.17) is 11.6 Å². The molecule has 0 radical (unpaired) electrons. The van der Waals surface area contributed by atoms with Crippen LogP contribution in [0, 0.1) is 0 Å². The smallest absolute Gasteiger partial charge is 0.183 e. The lowest BCUT2D eigenvalue weighted by Gasteiger charge is -2.18. The molecule has 1 aromatic carbocycles. The minimum Gasteiger partial charge on any atom is -0.334 e. The van der Waals surface area contributed by atoms with Crippen LogP contribution in [0.4, 0.5) is 0 Å². The molecule has 0 bridgehead atoms. The summed E-state index contributed by atoms with van der Waals surface area (Å²) in [5.41, 5.74) is 1.78. The largest absolute Gasteiger partial charge is 0.334 e. The Balaban J connectivity index is 1.85. The first-order valence-corrected chi connectivity index (χ1v) is 8.07. The van der Waals surface area contributed by atoms with Gasteiger partial charge in [0.1, 0.15) is 11.5 Å². The molecule has 0 amide bonds. The summed E-state index contributed by atoms with van der Waals surface area (Å²) >= 11 is 9.50. The van der Waals surface area contributed by atoms with Gasteiger partial charge in [-0.05, 0) is 47.0 Å². The molecule has 0 aliphatic carbocycles. The molecule has 6 heteroatoms. The molecule has 3 aliphatic rings. The molecule has 0 spiro atoms. The Labute approximate surface area is 135 Å². The van der Waals surface area contributed by atoms with Crippen LogP contribution in [0.25, 0.3) is 22.9 Å². The molecule has 4 rings (SSSR count). The predicted octanol–water partition coefficient (Wildman–Crippen LogP) is 4.20. The van der Waals surface area contributed by atoms with E-state index in [1.807, 2.05) is 18.2 Å². The lowest BCUT2D eigenvalue weighted by atomic mass is 10.1. The molecule has 0 saturated heterocycles. The summed E-state index contributed by atoms with van der Waals surface area (Å²) in [5.74, 6) is 2.51. The molecule has 3 heterocycles. The maximum Gasteiger partial charge on any atom is 0.183 e. The highest BCUT2D eigenvalue weighted by Gasteiger charge is 2.19. The summed E-state index contributed by atoms with van der Waals surface area (Å²) in [6.07, 6.45) is 5.48. The van der Waals surface area contributed by atoms with Crippen LogP contribution in [0.5, 0.6) is 0 Å². The Morgan fingerprint density at radius 3 is 2.86 bits per heavy atom. The molecule has 0 aromatic heterocycles. The van der Waals surface area contributed by atoms with Gasteiger partial charge in [0.15, 0.2) is 11.6 Å². The second-order valence-electron chi connectivity index (χ2n) is 5.19. The van der Waals surface area contributed by atoms with Crippen molar-refractivity contribution < 1.29 is 0 Å². The molecule has 3 aliphatic heterocycles. The number of hydrogen-bond donors (Lipinski definition) is 0. The van der Waals surface area contributed by atoms with Crippen LogP contribution in [0.2, 0.25) is 5.02 Å². The number of rotatable bonds is 1. The van der Waals surface area contributed by atoms with E-state index in [-0.39, 0.29) is 0 Å². The fourth-order valence-electron chi connectivity index (χ4n) is 2.67. The van der Waals surface area contributed by atoms with Crippen LogP contribution in [0.1, 0.15) is 18.7 Å². The predicted molar refractivity (Wildman–Crippen MR) is 85.5 cm³/mol. The number of aromatic nitrogens is 4. The van der Waals surface area contributed by atoms with Gasteiger partial charge in [-0.15, -0.1) is 0 Å². The van der Waals surface area contributed by atoms with Gasteiger partial charge < -0.3 is 4.57 Å². The van der Waals surface area contributed by atoms with E-state index in [1.54, 1.807) is 0 Å². The maximum absolute atomic E-state index is 5.98. The number of nitrogens with zero attached hydrogens (tertiary/aromatic N) is 4. The zero-order valence-corrected chi connectivity index (χ0v) is 13.5. The average molecular weight is 364 g/mol. The number of imidazole rings is 1. The molecule has 0 atom stereocenters. The third-order valence-electron chi connectivity index (χ3n) is 3.73. The Morgan fingerprint density at radius 1 is 1.10 bits per heavy atom. The first-order valence-electron chi connectivity index (χ1n) is 6.90. The molecule has 21 heavy (non-hydrogen) atoms. The molecular weight excluding hydrogens is 352 g/mol. The second-order valence-corrected chi connectivity index (χ2v) is 6.48. The minimum absolute atomic E-state index is 0.684. The number of fused-ring (bicyclic) bond motifs is 2. The molecule has 1 aromatic rings. The summed E-state index contributed by atoms with van der Waals surface area (Å²) in [6.45, 7) is 1.02. The topological polar surface area (TPSA) is 43.6 Å². The van der Waals surface area contributed by atoms with Crippen LogP contribution in [-0.4, -0.2) is 19.5 Å². The van der Waals surface area contributed by atoms with Gasteiger partial charge in [-0.25, -0.2) is 15.0 Å². The Bertz CT molecular complexity index is 759. The normalized spacial score (nSPS) is 14.4. The number of hydrogen-bond acceptors (Lipinski definition) is 3. The van der Waals surface area contributed by atoms with Crippen molar-refractivity contribution in [2.75, 3.05) is 0 Å². The molecule has 0 N–H and O–H groups in total. The zero-order chi connectivity index (χ0) is 14.4. The van der Waals surface area contributed by atoms with Gasteiger partial charge >= 0.3 is 0 Å². The van der Waals surface area contributed by atoms with Crippen molar-refractivity contribution >= 4 is 27.5 Å². The summed E-state index contributed by atoms with van der Waals surface area (Å²) in [7, 11) is 0. The van der Waals surface area contributed by atoms with Crippen LogP contribution in [-0.2, 0) is 13.0 Å². The summed E-state index contributed by atoms with van der Waals surface area (Å²) in [4.78, 5) is 13.8. The molecule has 4 nitrogen and oxygen atoms in total. The number of aryl methyl sites for hydroxylation is 2. The van der Waals surface area contributed by atoms with Gasteiger partial charge in [-0.3, -0.25) is 0 Å². The maximum atomic E-state index is 5.98. The lowest BCUT2D eigenvalue weighted by molar-refractivity contribution is 0.507. The van der Waals surface area contributed by atoms with Gasteiger partial charge in [0.2, 0.25) is 0 Å². The van der Waals surface area contributed by atoms with Gasteiger partial charge in [0.05, 0.1) is 0 Å². The van der Waals surface area contributed by atoms with Crippen molar-refractivity contribution in [3.8, 4) is 22.9 Å². The van der Waals surface area contributed by atoms with Crippen molar-refractivity contribution in [1.29, 1.82) is 0 Å². The zero-order valence-electron chi connectivity index (χ0n) is 11.2. The Kier molecular flexibility index (Phi) is 3.19. The summed E-state index contributed by atoms with van der Waals surface area (Å²) < 4.78 is 3.09. The fraction of sp³-hybridized carbons (Fsp3) is 0.267. The van der Waals surface area contributed by atoms with E-state index >= 15 is 0 Å². The van der Waals surface area contributed by atoms with Crippen molar-refractivity contribution in [3.05, 3.63) is 39.7 Å². The summed E-state index contributed by atoms with van der Waals surface area (Å²) in [5, 5.41) is 0.686. The number of benzene rings is 1. The lowest BCUT2D eigenvalue weighted by Crippen LogP contribution is -2.15. The molecular formula is C15H12BrClN4. The monoisotopic (exact) mass is 362 g/mol. The molecule has 0 saturated carbocycles. The molecule has 0 fully saturated rings. The van der Waals surface area contributed by atoms with Crippen molar-refractivity contribution in [3.63, 3.8) is 0 Å². The van der Waals surface area contributed by atoms with Crippen LogP contribution in [0.3, 0.4) is 0 Å². The van der Waals surface area contributed by atoms with E-state index in [2.05, 4.69) is 41.6 Å². The molecule has 0 unspecified atom stereocenters. The highest BCUT2D eigenvalue weighted by Crippen LogP contribution is 2.31. The van der Waals surface area contributed by atoms with Crippen LogP contribution < -0.4 is 0 Å².